The Kier molecular flexibility index (Phi) is 5.52. The average molecular weight is 309 g/mol. The molecule has 0 spiro atoms. The molecule has 0 aromatic carbocycles. The second-order valence-corrected chi connectivity index (χ2v) is 8.00. The number of nitrogens with one attached hydrogen (secondary N) is 1. The van der Waals surface area contributed by atoms with Crippen LogP contribution in [0.25, 0.3) is 0 Å². The van der Waals surface area contributed by atoms with E-state index in [1.165, 1.54) is 0 Å². The van der Waals surface area contributed by atoms with Crippen molar-refractivity contribution in [1.29, 1.82) is 0 Å². The second kappa shape index (κ2) is 6.74. The highest BCUT2D eigenvalue weighted by Crippen LogP contribution is 2.38. The van der Waals surface area contributed by atoms with E-state index in [1.807, 2.05) is 0 Å². The van der Waals surface area contributed by atoms with Crippen LogP contribution in [0.5, 0.6) is 0 Å². The van der Waals surface area contributed by atoms with Crippen molar-refractivity contribution >= 4 is 21.8 Å². The lowest BCUT2D eigenvalue weighted by Crippen LogP contribution is -2.45. The minimum absolute atomic E-state index is 0.0134. The standard InChI is InChI=1S/C13H25ClN2O2S/c14-11-13(7-3-4-8-13)12-15-19(17,18)16-9-5-1-2-6-10-16/h15H,1-12H2. The molecule has 1 aliphatic heterocycles. The molecular weight excluding hydrogens is 284 g/mol. The highest BCUT2D eigenvalue weighted by molar-refractivity contribution is 7.87. The molecule has 0 atom stereocenters. The Morgan fingerprint density at radius 1 is 1.00 bits per heavy atom. The van der Waals surface area contributed by atoms with Crippen LogP contribution in [-0.4, -0.2) is 38.2 Å². The molecule has 1 aliphatic carbocycles. The Morgan fingerprint density at radius 3 is 2.11 bits per heavy atom. The van der Waals surface area contributed by atoms with E-state index in [0.29, 0.717) is 25.5 Å². The average Bonchev–Trinajstić information content (AvgIpc) is 2.70. The quantitative estimate of drug-likeness (QED) is 0.793. The summed E-state index contributed by atoms with van der Waals surface area (Å²) in [5.74, 6) is 0.551. The first kappa shape index (κ1) is 15.5. The molecule has 0 unspecified atom stereocenters. The highest BCUT2D eigenvalue weighted by atomic mass is 35.5. The lowest BCUT2D eigenvalue weighted by atomic mass is 9.89. The Morgan fingerprint density at radius 2 is 1.58 bits per heavy atom. The fraction of sp³-hybridized carbons (Fsp3) is 1.00. The van der Waals surface area contributed by atoms with Crippen molar-refractivity contribution in [3.05, 3.63) is 0 Å². The van der Waals surface area contributed by atoms with Crippen molar-refractivity contribution < 1.29 is 8.42 Å². The van der Waals surface area contributed by atoms with Gasteiger partial charge in [-0.1, -0.05) is 25.7 Å². The number of hydrogen-bond donors (Lipinski definition) is 1. The third kappa shape index (κ3) is 4.06. The van der Waals surface area contributed by atoms with Gasteiger partial charge in [0.1, 0.15) is 0 Å². The van der Waals surface area contributed by atoms with Crippen LogP contribution in [0.1, 0.15) is 51.4 Å². The van der Waals surface area contributed by atoms with E-state index in [-0.39, 0.29) is 5.41 Å². The van der Waals surface area contributed by atoms with Crippen molar-refractivity contribution in [2.45, 2.75) is 51.4 Å². The van der Waals surface area contributed by atoms with Gasteiger partial charge < -0.3 is 0 Å². The second-order valence-electron chi connectivity index (χ2n) is 5.98. The molecule has 19 heavy (non-hydrogen) atoms. The third-order valence-corrected chi connectivity index (χ3v) is 6.60. The zero-order chi connectivity index (χ0) is 13.8. The summed E-state index contributed by atoms with van der Waals surface area (Å²) in [6.45, 7) is 1.81. The maximum Gasteiger partial charge on any atom is 0.279 e. The van der Waals surface area contributed by atoms with Gasteiger partial charge in [0.05, 0.1) is 0 Å². The molecule has 6 heteroatoms. The van der Waals surface area contributed by atoms with E-state index in [2.05, 4.69) is 4.72 Å². The van der Waals surface area contributed by atoms with Gasteiger partial charge in [-0.2, -0.15) is 12.7 Å². The zero-order valence-electron chi connectivity index (χ0n) is 11.5. The largest absolute Gasteiger partial charge is 0.279 e. The molecule has 2 rings (SSSR count). The fourth-order valence-corrected chi connectivity index (χ4v) is 4.87. The van der Waals surface area contributed by atoms with Gasteiger partial charge in [-0.25, -0.2) is 4.72 Å². The van der Waals surface area contributed by atoms with E-state index in [0.717, 1.165) is 51.4 Å². The molecule has 0 aromatic rings. The summed E-state index contributed by atoms with van der Waals surface area (Å²) in [7, 11) is -3.32. The fourth-order valence-electron chi connectivity index (χ4n) is 3.10. The molecule has 0 bridgehead atoms. The van der Waals surface area contributed by atoms with Gasteiger partial charge in [-0.15, -0.1) is 11.6 Å². The number of nitrogens with zero attached hydrogens (tertiary/aromatic N) is 1. The maximum absolute atomic E-state index is 12.3. The highest BCUT2D eigenvalue weighted by Gasteiger charge is 2.35. The summed E-state index contributed by atoms with van der Waals surface area (Å²) in [4.78, 5) is 0. The zero-order valence-corrected chi connectivity index (χ0v) is 13.1. The Balaban J connectivity index is 1.92. The lowest BCUT2D eigenvalue weighted by molar-refractivity contribution is 0.333. The van der Waals surface area contributed by atoms with Crippen molar-refractivity contribution in [2.75, 3.05) is 25.5 Å². The third-order valence-electron chi connectivity index (χ3n) is 4.48. The van der Waals surface area contributed by atoms with Gasteiger partial charge in [0.15, 0.2) is 0 Å². The molecule has 0 amide bonds. The molecule has 1 heterocycles. The molecule has 0 aromatic heterocycles. The minimum Gasteiger partial charge on any atom is -0.202 e. The Bertz CT molecular complexity index is 372. The number of alkyl halides is 1. The Hall–Kier alpha value is 0.160. The van der Waals surface area contributed by atoms with Crippen LogP contribution in [-0.2, 0) is 10.2 Å². The first-order chi connectivity index (χ1) is 9.08. The van der Waals surface area contributed by atoms with Crippen LogP contribution in [0, 0.1) is 5.41 Å². The first-order valence-corrected chi connectivity index (χ1v) is 9.36. The Labute approximate surface area is 122 Å². The normalized spacial score (nSPS) is 25.3. The van der Waals surface area contributed by atoms with Gasteiger partial charge in [-0.3, -0.25) is 0 Å². The molecule has 1 saturated carbocycles. The molecule has 112 valence electrons. The summed E-state index contributed by atoms with van der Waals surface area (Å²) in [6, 6.07) is 0. The van der Waals surface area contributed by atoms with Crippen molar-refractivity contribution in [3.8, 4) is 0 Å². The summed E-state index contributed by atoms with van der Waals surface area (Å²) in [6.07, 6.45) is 8.63. The van der Waals surface area contributed by atoms with Crippen LogP contribution in [0.4, 0.5) is 0 Å². The lowest BCUT2D eigenvalue weighted by Gasteiger charge is -2.28. The van der Waals surface area contributed by atoms with Crippen molar-refractivity contribution in [1.82, 2.24) is 9.03 Å². The van der Waals surface area contributed by atoms with Crippen LogP contribution < -0.4 is 4.72 Å². The topological polar surface area (TPSA) is 49.4 Å². The molecule has 2 fully saturated rings. The monoisotopic (exact) mass is 308 g/mol. The summed E-state index contributed by atoms with van der Waals surface area (Å²) in [5.41, 5.74) is -0.0134. The molecule has 4 nitrogen and oxygen atoms in total. The minimum atomic E-state index is -3.32. The van der Waals surface area contributed by atoms with Gasteiger partial charge in [-0.05, 0) is 31.1 Å². The molecular formula is C13H25ClN2O2S. The predicted octanol–water partition coefficient (Wildman–Crippen LogP) is 2.50. The summed E-state index contributed by atoms with van der Waals surface area (Å²) in [5, 5.41) is 0. The first-order valence-electron chi connectivity index (χ1n) is 7.39. The van der Waals surface area contributed by atoms with E-state index in [4.69, 9.17) is 11.6 Å². The number of rotatable bonds is 5. The van der Waals surface area contributed by atoms with Crippen LogP contribution >= 0.6 is 11.6 Å². The molecule has 2 aliphatic rings. The van der Waals surface area contributed by atoms with Crippen LogP contribution in [0.2, 0.25) is 0 Å². The van der Waals surface area contributed by atoms with E-state index < -0.39 is 10.2 Å². The molecule has 1 N–H and O–H groups in total. The van der Waals surface area contributed by atoms with Gasteiger partial charge in [0.25, 0.3) is 10.2 Å². The van der Waals surface area contributed by atoms with Gasteiger partial charge >= 0.3 is 0 Å². The van der Waals surface area contributed by atoms with Crippen LogP contribution in [0.3, 0.4) is 0 Å². The maximum atomic E-state index is 12.3. The summed E-state index contributed by atoms with van der Waals surface area (Å²) < 4.78 is 29.1. The van der Waals surface area contributed by atoms with Gasteiger partial charge in [0.2, 0.25) is 0 Å². The predicted molar refractivity (Wildman–Crippen MR) is 78.6 cm³/mol. The smallest absolute Gasteiger partial charge is 0.202 e. The number of halogens is 1. The van der Waals surface area contributed by atoms with Gasteiger partial charge in [0, 0.05) is 25.5 Å². The van der Waals surface area contributed by atoms with Crippen molar-refractivity contribution in [3.63, 3.8) is 0 Å². The molecule has 0 radical (unpaired) electrons. The van der Waals surface area contributed by atoms with Crippen molar-refractivity contribution in [2.24, 2.45) is 5.41 Å². The molecule has 1 saturated heterocycles. The SMILES string of the molecule is O=S(=O)(NCC1(CCl)CCCC1)N1CCCCCC1. The van der Waals surface area contributed by atoms with E-state index in [1.54, 1.807) is 4.31 Å². The van der Waals surface area contributed by atoms with Crippen LogP contribution in [0.15, 0.2) is 0 Å². The van der Waals surface area contributed by atoms with E-state index >= 15 is 0 Å². The number of hydrogen-bond acceptors (Lipinski definition) is 2. The van der Waals surface area contributed by atoms with E-state index in [9.17, 15) is 8.42 Å². The summed E-state index contributed by atoms with van der Waals surface area (Å²) >= 11 is 6.06.